The fourth-order valence-corrected chi connectivity index (χ4v) is 3.28. The summed E-state index contributed by atoms with van der Waals surface area (Å²) in [5.74, 6) is -0.568. The zero-order chi connectivity index (χ0) is 26.8. The number of hydrogen-bond acceptors (Lipinski definition) is 8. The van der Waals surface area contributed by atoms with Crippen LogP contribution in [0, 0.1) is 19.3 Å². The van der Waals surface area contributed by atoms with Crippen molar-refractivity contribution < 1.29 is 33.3 Å². The molecule has 3 aromatic carbocycles. The zero-order valence-electron chi connectivity index (χ0n) is 20.6. The van der Waals surface area contributed by atoms with Gasteiger partial charge in [0.25, 0.3) is 0 Å². The second-order valence-electron chi connectivity index (χ2n) is 8.04. The first kappa shape index (κ1) is 26.9. The Kier molecular flexibility index (Phi) is 9.32. The van der Waals surface area contributed by atoms with Gasteiger partial charge in [0.1, 0.15) is 17.2 Å². The van der Waals surface area contributed by atoms with Gasteiger partial charge in [-0.1, -0.05) is 24.3 Å². The van der Waals surface area contributed by atoms with Gasteiger partial charge in [0.2, 0.25) is 0 Å². The standard InChI is InChI=1S/C29H27NO7/c1-4-27(31)35-15-5-14-34-24-10-7-21(8-11-24)28(32)37-26-13-9-22(17-23(26)18-30)29(33)36-25-12-6-19(2)16-20(25)3/h4,6-13,16-18,30H,1,5,14-15H2,2-3H3. The van der Waals surface area contributed by atoms with Gasteiger partial charge in [-0.2, -0.15) is 0 Å². The molecule has 37 heavy (non-hydrogen) atoms. The Balaban J connectivity index is 1.59. The lowest BCUT2D eigenvalue weighted by Gasteiger charge is -2.11. The summed E-state index contributed by atoms with van der Waals surface area (Å²) < 4.78 is 21.4. The van der Waals surface area contributed by atoms with Crippen LogP contribution in [0.4, 0.5) is 0 Å². The number of carbonyl (C=O) groups is 3. The van der Waals surface area contributed by atoms with Crippen LogP contribution in [0.2, 0.25) is 0 Å². The lowest BCUT2D eigenvalue weighted by atomic mass is 10.1. The van der Waals surface area contributed by atoms with E-state index in [1.54, 1.807) is 30.3 Å². The van der Waals surface area contributed by atoms with Crippen LogP contribution in [0.15, 0.2) is 73.3 Å². The highest BCUT2D eigenvalue weighted by Gasteiger charge is 2.16. The first-order valence-corrected chi connectivity index (χ1v) is 11.5. The number of hydrogen-bond donors (Lipinski definition) is 1. The molecule has 0 heterocycles. The number of benzene rings is 3. The summed E-state index contributed by atoms with van der Waals surface area (Å²) in [7, 11) is 0. The zero-order valence-corrected chi connectivity index (χ0v) is 20.6. The van der Waals surface area contributed by atoms with E-state index < -0.39 is 17.9 Å². The first-order valence-electron chi connectivity index (χ1n) is 11.5. The van der Waals surface area contributed by atoms with Gasteiger partial charge in [-0.3, -0.25) is 0 Å². The number of carbonyl (C=O) groups excluding carboxylic acids is 3. The van der Waals surface area contributed by atoms with E-state index in [0.29, 0.717) is 24.5 Å². The third-order valence-corrected chi connectivity index (χ3v) is 5.20. The van der Waals surface area contributed by atoms with Crippen LogP contribution in [0.5, 0.6) is 17.2 Å². The smallest absolute Gasteiger partial charge is 0.343 e. The molecule has 0 amide bonds. The van der Waals surface area contributed by atoms with E-state index in [1.165, 1.54) is 18.2 Å². The molecular formula is C29H27NO7. The summed E-state index contributed by atoms with van der Waals surface area (Å²) in [5.41, 5.74) is 2.64. The van der Waals surface area contributed by atoms with Crippen molar-refractivity contribution in [3.63, 3.8) is 0 Å². The molecule has 0 aliphatic carbocycles. The fraction of sp³-hybridized carbons (Fsp3) is 0.172. The van der Waals surface area contributed by atoms with Crippen molar-refractivity contribution >= 4 is 24.1 Å². The quantitative estimate of drug-likeness (QED) is 0.126. The Hall–Kier alpha value is -4.72. The maximum absolute atomic E-state index is 12.6. The molecule has 3 aromatic rings. The Morgan fingerprint density at radius 3 is 2.16 bits per heavy atom. The molecule has 8 heteroatoms. The van der Waals surface area contributed by atoms with Crippen molar-refractivity contribution in [1.82, 2.24) is 0 Å². The molecule has 0 saturated heterocycles. The maximum atomic E-state index is 12.6. The molecule has 1 N–H and O–H groups in total. The highest BCUT2D eigenvalue weighted by atomic mass is 16.5. The first-order chi connectivity index (χ1) is 17.8. The molecule has 0 spiro atoms. The monoisotopic (exact) mass is 501 g/mol. The van der Waals surface area contributed by atoms with Gasteiger partial charge >= 0.3 is 17.9 Å². The predicted octanol–water partition coefficient (Wildman–Crippen LogP) is 5.24. The molecule has 0 unspecified atom stereocenters. The van der Waals surface area contributed by atoms with Crippen LogP contribution in [0.25, 0.3) is 0 Å². The van der Waals surface area contributed by atoms with Crippen LogP contribution in [0.1, 0.15) is 43.8 Å². The van der Waals surface area contributed by atoms with Gasteiger partial charge in [-0.15, -0.1) is 0 Å². The minimum atomic E-state index is -0.628. The molecule has 0 fully saturated rings. The Bertz CT molecular complexity index is 1310. The minimum Gasteiger partial charge on any atom is -0.493 e. The second kappa shape index (κ2) is 12.8. The third kappa shape index (κ3) is 7.63. The van der Waals surface area contributed by atoms with Crippen molar-refractivity contribution in [3.8, 4) is 17.2 Å². The van der Waals surface area contributed by atoms with Crippen LogP contribution >= 0.6 is 0 Å². The third-order valence-electron chi connectivity index (χ3n) is 5.20. The number of ether oxygens (including phenoxy) is 4. The van der Waals surface area contributed by atoms with Crippen molar-refractivity contribution in [1.29, 1.82) is 5.41 Å². The Morgan fingerprint density at radius 1 is 0.838 bits per heavy atom. The fourth-order valence-electron chi connectivity index (χ4n) is 3.28. The molecular weight excluding hydrogens is 474 g/mol. The summed E-state index contributed by atoms with van der Waals surface area (Å²) in [6.45, 7) is 7.67. The van der Waals surface area contributed by atoms with Crippen LogP contribution < -0.4 is 14.2 Å². The van der Waals surface area contributed by atoms with E-state index in [0.717, 1.165) is 23.4 Å². The summed E-state index contributed by atoms with van der Waals surface area (Å²) in [4.78, 5) is 36.2. The normalized spacial score (nSPS) is 10.2. The van der Waals surface area contributed by atoms with Gasteiger partial charge in [-0.25, -0.2) is 14.4 Å². The predicted molar refractivity (Wildman–Crippen MR) is 138 cm³/mol. The van der Waals surface area contributed by atoms with Gasteiger partial charge in [-0.05, 0) is 67.9 Å². The molecule has 0 atom stereocenters. The number of esters is 3. The summed E-state index contributed by atoms with van der Waals surface area (Å²) in [6, 6.07) is 16.2. The lowest BCUT2D eigenvalue weighted by molar-refractivity contribution is -0.137. The van der Waals surface area contributed by atoms with Crippen molar-refractivity contribution in [2.45, 2.75) is 20.3 Å². The van der Waals surface area contributed by atoms with E-state index in [2.05, 4.69) is 6.58 Å². The second-order valence-corrected chi connectivity index (χ2v) is 8.04. The molecule has 0 saturated carbocycles. The van der Waals surface area contributed by atoms with Crippen molar-refractivity contribution in [2.75, 3.05) is 13.2 Å². The van der Waals surface area contributed by atoms with Crippen LogP contribution in [0.3, 0.4) is 0 Å². The molecule has 0 aliphatic rings. The maximum Gasteiger partial charge on any atom is 0.343 e. The number of aryl methyl sites for hydroxylation is 2. The number of rotatable bonds is 11. The average molecular weight is 502 g/mol. The summed E-state index contributed by atoms with van der Waals surface area (Å²) in [5, 5.41) is 7.69. The highest BCUT2D eigenvalue weighted by molar-refractivity contribution is 5.96. The van der Waals surface area contributed by atoms with Crippen molar-refractivity contribution in [3.05, 3.63) is 101 Å². The Labute approximate surface area is 214 Å². The van der Waals surface area contributed by atoms with E-state index in [4.69, 9.17) is 24.4 Å². The molecule has 190 valence electrons. The molecule has 0 bridgehead atoms. The summed E-state index contributed by atoms with van der Waals surface area (Å²) >= 11 is 0. The molecule has 8 nitrogen and oxygen atoms in total. The SMILES string of the molecule is C=CC(=O)OCCCOc1ccc(C(=O)Oc2ccc(C(=O)Oc3ccc(C)cc3C)cc2C=N)cc1. The van der Waals surface area contributed by atoms with E-state index in [-0.39, 0.29) is 29.0 Å². The average Bonchev–Trinajstić information content (AvgIpc) is 2.90. The van der Waals surface area contributed by atoms with Gasteiger partial charge in [0.05, 0.1) is 24.3 Å². The Morgan fingerprint density at radius 2 is 1.49 bits per heavy atom. The molecule has 0 aliphatic heterocycles. The summed E-state index contributed by atoms with van der Waals surface area (Å²) in [6.07, 6.45) is 2.60. The van der Waals surface area contributed by atoms with Crippen LogP contribution in [-0.2, 0) is 9.53 Å². The van der Waals surface area contributed by atoms with E-state index in [9.17, 15) is 14.4 Å². The van der Waals surface area contributed by atoms with Crippen LogP contribution in [-0.4, -0.2) is 37.3 Å². The molecule has 0 aromatic heterocycles. The largest absolute Gasteiger partial charge is 0.493 e. The molecule has 3 rings (SSSR count). The van der Waals surface area contributed by atoms with E-state index in [1.807, 2.05) is 26.0 Å². The molecule has 0 radical (unpaired) electrons. The number of nitrogens with one attached hydrogen (secondary N) is 1. The lowest BCUT2D eigenvalue weighted by Crippen LogP contribution is -2.12. The van der Waals surface area contributed by atoms with Gasteiger partial charge in [0, 0.05) is 24.3 Å². The van der Waals surface area contributed by atoms with Gasteiger partial charge in [0.15, 0.2) is 0 Å². The highest BCUT2D eigenvalue weighted by Crippen LogP contribution is 2.24. The van der Waals surface area contributed by atoms with Gasteiger partial charge < -0.3 is 24.4 Å². The van der Waals surface area contributed by atoms with Crippen molar-refractivity contribution in [2.24, 2.45) is 0 Å². The minimum absolute atomic E-state index is 0.137. The van der Waals surface area contributed by atoms with E-state index >= 15 is 0 Å². The topological polar surface area (TPSA) is 112 Å².